The van der Waals surface area contributed by atoms with Gasteiger partial charge in [0.2, 0.25) is 10.0 Å². The van der Waals surface area contributed by atoms with Crippen molar-refractivity contribution >= 4 is 21.8 Å². The molecular formula is C8H10ClNO3S. The number of nitrogens with one attached hydrogen (secondary N) is 1. The van der Waals surface area contributed by atoms with Crippen LogP contribution in [0.3, 0.4) is 0 Å². The highest BCUT2D eigenvalue weighted by Gasteiger charge is 2.09. The van der Waals surface area contributed by atoms with Gasteiger partial charge in [-0.2, -0.15) is 0 Å². The van der Waals surface area contributed by atoms with Crippen LogP contribution in [-0.2, 0) is 15.8 Å². The molecule has 4 nitrogen and oxygen atoms in total. The number of halogens is 1. The maximum Gasteiger partial charge on any atom is 0.229 e. The van der Waals surface area contributed by atoms with Gasteiger partial charge in [-0.1, -0.05) is 12.1 Å². The summed E-state index contributed by atoms with van der Waals surface area (Å²) in [6, 6.07) is 6.79. The van der Waals surface area contributed by atoms with Crippen LogP contribution in [0.25, 0.3) is 0 Å². The summed E-state index contributed by atoms with van der Waals surface area (Å²) in [6.45, 7) is 0. The van der Waals surface area contributed by atoms with E-state index < -0.39 is 10.0 Å². The number of hydrogen-bond donors (Lipinski definition) is 1. The minimum atomic E-state index is -3.44. The Labute approximate surface area is 88.0 Å². The Morgan fingerprint density at radius 2 is 2.21 bits per heavy atom. The van der Waals surface area contributed by atoms with Crippen molar-refractivity contribution in [2.24, 2.45) is 0 Å². The van der Waals surface area contributed by atoms with Crippen LogP contribution in [0.2, 0.25) is 0 Å². The minimum absolute atomic E-state index is 0.159. The van der Waals surface area contributed by atoms with E-state index in [0.29, 0.717) is 11.3 Å². The summed E-state index contributed by atoms with van der Waals surface area (Å²) < 4.78 is 28.9. The Morgan fingerprint density at radius 1 is 1.50 bits per heavy atom. The van der Waals surface area contributed by atoms with Crippen LogP contribution in [0.4, 0.5) is 0 Å². The van der Waals surface area contributed by atoms with Crippen LogP contribution in [0.5, 0.6) is 5.75 Å². The molecular weight excluding hydrogens is 226 g/mol. The first-order valence-corrected chi connectivity index (χ1v) is 5.83. The number of methoxy groups -OCH3 is 1. The van der Waals surface area contributed by atoms with Crippen molar-refractivity contribution < 1.29 is 13.2 Å². The van der Waals surface area contributed by atoms with E-state index in [2.05, 4.69) is 0 Å². The third-order valence-electron chi connectivity index (χ3n) is 1.61. The summed E-state index contributed by atoms with van der Waals surface area (Å²) in [5, 5.41) is 0. The summed E-state index contributed by atoms with van der Waals surface area (Å²) in [7, 11) is -1.92. The average Bonchev–Trinajstić information content (AvgIpc) is 2.17. The molecule has 0 bridgehead atoms. The van der Waals surface area contributed by atoms with E-state index in [-0.39, 0.29) is 5.75 Å². The molecule has 1 aromatic carbocycles. The molecule has 0 spiro atoms. The van der Waals surface area contributed by atoms with Gasteiger partial charge >= 0.3 is 0 Å². The molecule has 0 fully saturated rings. The Bertz CT molecular complexity index is 405. The van der Waals surface area contributed by atoms with Crippen LogP contribution in [0, 0.1) is 0 Å². The highest BCUT2D eigenvalue weighted by atomic mass is 35.5. The molecule has 0 aliphatic rings. The highest BCUT2D eigenvalue weighted by molar-refractivity contribution is 7.89. The molecule has 0 aliphatic heterocycles. The normalized spacial score (nSPS) is 11.3. The molecule has 14 heavy (non-hydrogen) atoms. The standard InChI is InChI=1S/C8H10ClNO3S/c1-13-8-4-2-3-7(5-8)6-14(11,12)10-9/h2-5,10H,6H2,1H3. The van der Waals surface area contributed by atoms with E-state index in [1.54, 1.807) is 28.5 Å². The van der Waals surface area contributed by atoms with Crippen molar-refractivity contribution in [3.8, 4) is 5.75 Å². The van der Waals surface area contributed by atoms with Gasteiger partial charge in [-0.15, -0.1) is 4.24 Å². The smallest absolute Gasteiger partial charge is 0.229 e. The predicted molar refractivity (Wildman–Crippen MR) is 54.6 cm³/mol. The summed E-state index contributed by atoms with van der Waals surface area (Å²) in [4.78, 5) is 0. The van der Waals surface area contributed by atoms with Gasteiger partial charge in [-0.3, -0.25) is 0 Å². The molecule has 0 saturated carbocycles. The fraction of sp³-hybridized carbons (Fsp3) is 0.250. The molecule has 0 unspecified atom stereocenters. The van der Waals surface area contributed by atoms with Gasteiger partial charge in [0.25, 0.3) is 0 Å². The van der Waals surface area contributed by atoms with Crippen molar-refractivity contribution in [2.75, 3.05) is 7.11 Å². The number of rotatable bonds is 4. The molecule has 1 rings (SSSR count). The van der Waals surface area contributed by atoms with E-state index in [0.717, 1.165) is 0 Å². The van der Waals surface area contributed by atoms with Crippen LogP contribution in [-0.4, -0.2) is 15.5 Å². The van der Waals surface area contributed by atoms with Gasteiger partial charge in [-0.25, -0.2) is 8.42 Å². The SMILES string of the molecule is COc1cccc(CS(=O)(=O)NCl)c1. The van der Waals surface area contributed by atoms with Crippen molar-refractivity contribution in [1.29, 1.82) is 0 Å². The summed E-state index contributed by atoms with van der Waals surface area (Å²) in [5.74, 6) is 0.459. The van der Waals surface area contributed by atoms with Gasteiger partial charge in [0.1, 0.15) is 5.75 Å². The van der Waals surface area contributed by atoms with Gasteiger partial charge in [0.05, 0.1) is 12.9 Å². The maximum atomic E-state index is 11.1. The van der Waals surface area contributed by atoms with E-state index in [1.165, 1.54) is 7.11 Å². The van der Waals surface area contributed by atoms with Crippen molar-refractivity contribution in [2.45, 2.75) is 5.75 Å². The molecule has 0 aliphatic carbocycles. The molecule has 0 radical (unpaired) electrons. The number of ether oxygens (including phenoxy) is 1. The van der Waals surface area contributed by atoms with Gasteiger partial charge in [-0.05, 0) is 29.5 Å². The monoisotopic (exact) mass is 235 g/mol. The largest absolute Gasteiger partial charge is 0.497 e. The van der Waals surface area contributed by atoms with Gasteiger partial charge in [0.15, 0.2) is 0 Å². The van der Waals surface area contributed by atoms with Crippen LogP contribution in [0.15, 0.2) is 24.3 Å². The van der Waals surface area contributed by atoms with Crippen LogP contribution >= 0.6 is 11.8 Å². The number of sulfonamides is 1. The minimum Gasteiger partial charge on any atom is -0.497 e. The lowest BCUT2D eigenvalue weighted by Gasteiger charge is -2.03. The number of hydrogen-bond acceptors (Lipinski definition) is 3. The maximum absolute atomic E-state index is 11.1. The zero-order valence-corrected chi connectivity index (χ0v) is 9.10. The Kier molecular flexibility index (Phi) is 3.74. The quantitative estimate of drug-likeness (QED) is 0.800. The third-order valence-corrected chi connectivity index (χ3v) is 3.26. The summed E-state index contributed by atoms with van der Waals surface area (Å²) in [5.41, 5.74) is 0.623. The predicted octanol–water partition coefficient (Wildman–Crippen LogP) is 1.27. The highest BCUT2D eigenvalue weighted by Crippen LogP contribution is 2.14. The second-order valence-corrected chi connectivity index (χ2v) is 4.82. The second-order valence-electron chi connectivity index (χ2n) is 2.69. The van der Waals surface area contributed by atoms with E-state index in [4.69, 9.17) is 16.5 Å². The summed E-state index contributed by atoms with van der Waals surface area (Å²) >= 11 is 5.05. The zero-order valence-electron chi connectivity index (χ0n) is 7.53. The third kappa shape index (κ3) is 3.17. The average molecular weight is 236 g/mol. The first-order valence-electron chi connectivity index (χ1n) is 3.80. The van der Waals surface area contributed by atoms with Crippen molar-refractivity contribution in [1.82, 2.24) is 4.24 Å². The summed E-state index contributed by atoms with van der Waals surface area (Å²) in [6.07, 6.45) is 0. The van der Waals surface area contributed by atoms with Crippen molar-refractivity contribution in [3.05, 3.63) is 29.8 Å². The van der Waals surface area contributed by atoms with E-state index >= 15 is 0 Å². The first kappa shape index (κ1) is 11.3. The van der Waals surface area contributed by atoms with Gasteiger partial charge in [0, 0.05) is 0 Å². The first-order chi connectivity index (χ1) is 6.57. The topological polar surface area (TPSA) is 55.4 Å². The Morgan fingerprint density at radius 3 is 2.79 bits per heavy atom. The van der Waals surface area contributed by atoms with Crippen LogP contribution < -0.4 is 8.98 Å². The molecule has 0 heterocycles. The van der Waals surface area contributed by atoms with E-state index in [1.807, 2.05) is 0 Å². The molecule has 1 aromatic rings. The molecule has 78 valence electrons. The van der Waals surface area contributed by atoms with E-state index in [9.17, 15) is 8.42 Å². The Hall–Kier alpha value is -0.780. The molecule has 0 amide bonds. The Balaban J connectivity index is 2.87. The van der Waals surface area contributed by atoms with Gasteiger partial charge < -0.3 is 4.74 Å². The van der Waals surface area contributed by atoms with Crippen LogP contribution in [0.1, 0.15) is 5.56 Å². The zero-order chi connectivity index (χ0) is 10.6. The van der Waals surface area contributed by atoms with Crippen molar-refractivity contribution in [3.63, 3.8) is 0 Å². The fourth-order valence-corrected chi connectivity index (χ4v) is 1.85. The fourth-order valence-electron chi connectivity index (χ4n) is 1.01. The second kappa shape index (κ2) is 4.63. The molecule has 0 atom stereocenters. The lowest BCUT2D eigenvalue weighted by molar-refractivity contribution is 0.414. The lowest BCUT2D eigenvalue weighted by Crippen LogP contribution is -2.15. The molecule has 0 aromatic heterocycles. The molecule has 0 saturated heterocycles. The molecule has 6 heteroatoms. The molecule has 1 N–H and O–H groups in total. The number of benzene rings is 1. The lowest BCUT2D eigenvalue weighted by atomic mass is 10.2.